The highest BCUT2D eigenvalue weighted by atomic mass is 16.5. The molecule has 0 aliphatic carbocycles. The van der Waals surface area contributed by atoms with Crippen LogP contribution in [0.2, 0.25) is 0 Å². The Kier molecular flexibility index (Phi) is 6.24. The summed E-state index contributed by atoms with van der Waals surface area (Å²) < 4.78 is 5.10. The van der Waals surface area contributed by atoms with Crippen molar-refractivity contribution in [1.29, 1.82) is 0 Å². The van der Waals surface area contributed by atoms with Crippen LogP contribution in [0.1, 0.15) is 16.7 Å². The lowest BCUT2D eigenvalue weighted by Gasteiger charge is -2.40. The smallest absolute Gasteiger partial charge is 0.246 e. The average molecular weight is 366 g/mol. The minimum absolute atomic E-state index is 0.0101. The average Bonchev–Trinajstić information content (AvgIpc) is 2.68. The van der Waals surface area contributed by atoms with Gasteiger partial charge in [-0.1, -0.05) is 54.6 Å². The zero-order valence-corrected chi connectivity index (χ0v) is 15.9. The molecular weight excluding hydrogens is 340 g/mol. The van der Waals surface area contributed by atoms with Crippen molar-refractivity contribution in [2.45, 2.75) is 25.9 Å². The van der Waals surface area contributed by atoms with Gasteiger partial charge in [0.1, 0.15) is 6.04 Å². The first-order chi connectivity index (χ1) is 13.1. The summed E-state index contributed by atoms with van der Waals surface area (Å²) in [5.41, 5.74) is 3.24. The van der Waals surface area contributed by atoms with Crippen LogP contribution in [0, 0.1) is 6.92 Å². The van der Waals surface area contributed by atoms with Crippen LogP contribution in [-0.2, 0) is 27.3 Å². The van der Waals surface area contributed by atoms with E-state index >= 15 is 0 Å². The van der Waals surface area contributed by atoms with Gasteiger partial charge in [0, 0.05) is 26.6 Å². The summed E-state index contributed by atoms with van der Waals surface area (Å²) in [5, 5.41) is 0. The molecule has 2 aromatic carbocycles. The molecule has 0 saturated carbocycles. The number of benzene rings is 2. The van der Waals surface area contributed by atoms with Gasteiger partial charge in [-0.15, -0.1) is 0 Å². The predicted molar refractivity (Wildman–Crippen MR) is 104 cm³/mol. The van der Waals surface area contributed by atoms with Gasteiger partial charge in [0.05, 0.1) is 13.2 Å². The number of hydrogen-bond donors (Lipinski definition) is 0. The number of carbonyl (C=O) groups is 2. The second-order valence-electron chi connectivity index (χ2n) is 6.91. The van der Waals surface area contributed by atoms with Gasteiger partial charge in [0.15, 0.2) is 0 Å². The second-order valence-corrected chi connectivity index (χ2v) is 6.91. The van der Waals surface area contributed by atoms with E-state index in [0.717, 1.165) is 16.7 Å². The Morgan fingerprint density at radius 2 is 1.74 bits per heavy atom. The number of rotatable bonds is 7. The molecule has 1 aliphatic heterocycles. The minimum atomic E-state index is -0.495. The van der Waals surface area contributed by atoms with Gasteiger partial charge >= 0.3 is 0 Å². The zero-order chi connectivity index (χ0) is 19.2. The van der Waals surface area contributed by atoms with E-state index in [-0.39, 0.29) is 18.4 Å². The van der Waals surface area contributed by atoms with E-state index in [4.69, 9.17) is 4.74 Å². The quantitative estimate of drug-likeness (QED) is 0.756. The molecule has 0 unspecified atom stereocenters. The number of methoxy groups -OCH3 is 1. The van der Waals surface area contributed by atoms with Crippen LogP contribution >= 0.6 is 0 Å². The van der Waals surface area contributed by atoms with Crippen molar-refractivity contribution in [3.8, 4) is 0 Å². The van der Waals surface area contributed by atoms with Gasteiger partial charge in [0.2, 0.25) is 11.8 Å². The number of amides is 2. The first kappa shape index (κ1) is 19.1. The van der Waals surface area contributed by atoms with Crippen LogP contribution < -0.4 is 0 Å². The molecule has 27 heavy (non-hydrogen) atoms. The number of nitrogens with zero attached hydrogens (tertiary/aromatic N) is 2. The third-order valence-electron chi connectivity index (χ3n) is 5.06. The molecule has 1 fully saturated rings. The van der Waals surface area contributed by atoms with Crippen molar-refractivity contribution in [2.24, 2.45) is 0 Å². The van der Waals surface area contributed by atoms with Crippen molar-refractivity contribution in [1.82, 2.24) is 9.80 Å². The van der Waals surface area contributed by atoms with E-state index in [1.165, 1.54) is 0 Å². The summed E-state index contributed by atoms with van der Waals surface area (Å²) in [6, 6.07) is 17.4. The summed E-state index contributed by atoms with van der Waals surface area (Å²) in [5.74, 6) is -0.0287. The van der Waals surface area contributed by atoms with Crippen LogP contribution in [0.5, 0.6) is 0 Å². The van der Waals surface area contributed by atoms with E-state index < -0.39 is 6.04 Å². The maximum atomic E-state index is 13.1. The van der Waals surface area contributed by atoms with Crippen LogP contribution in [-0.4, -0.2) is 54.5 Å². The first-order valence-corrected chi connectivity index (χ1v) is 9.25. The molecular formula is C22H26N2O3. The number of ether oxygens (including phenoxy) is 1. The summed E-state index contributed by atoms with van der Waals surface area (Å²) in [6.07, 6.45) is 0.515. The fourth-order valence-corrected chi connectivity index (χ4v) is 3.44. The van der Waals surface area contributed by atoms with Gasteiger partial charge in [-0.25, -0.2) is 0 Å². The largest absolute Gasteiger partial charge is 0.383 e. The van der Waals surface area contributed by atoms with Crippen molar-refractivity contribution < 1.29 is 14.3 Å². The van der Waals surface area contributed by atoms with Crippen LogP contribution in [0.3, 0.4) is 0 Å². The fraction of sp³-hybridized carbons (Fsp3) is 0.364. The molecule has 0 aromatic heterocycles. The highest BCUT2D eigenvalue weighted by molar-refractivity contribution is 5.95. The van der Waals surface area contributed by atoms with Crippen LogP contribution in [0.4, 0.5) is 0 Å². The number of carbonyl (C=O) groups excluding carboxylic acids is 2. The van der Waals surface area contributed by atoms with Crippen molar-refractivity contribution in [2.75, 3.05) is 26.8 Å². The monoisotopic (exact) mass is 366 g/mol. The van der Waals surface area contributed by atoms with E-state index in [9.17, 15) is 9.59 Å². The Balaban J connectivity index is 1.87. The van der Waals surface area contributed by atoms with Gasteiger partial charge in [-0.2, -0.15) is 0 Å². The highest BCUT2D eigenvalue weighted by Gasteiger charge is 2.39. The first-order valence-electron chi connectivity index (χ1n) is 9.25. The van der Waals surface area contributed by atoms with Gasteiger partial charge in [0.25, 0.3) is 0 Å². The summed E-state index contributed by atoms with van der Waals surface area (Å²) in [7, 11) is 1.60. The van der Waals surface area contributed by atoms with Gasteiger partial charge < -0.3 is 14.5 Å². The molecule has 2 amide bonds. The van der Waals surface area contributed by atoms with Crippen LogP contribution in [0.15, 0.2) is 54.6 Å². The van der Waals surface area contributed by atoms with Crippen molar-refractivity contribution in [3.63, 3.8) is 0 Å². The molecule has 1 saturated heterocycles. The van der Waals surface area contributed by atoms with Crippen LogP contribution in [0.25, 0.3) is 0 Å². The zero-order valence-electron chi connectivity index (χ0n) is 15.9. The lowest BCUT2D eigenvalue weighted by Crippen LogP contribution is -2.60. The van der Waals surface area contributed by atoms with Gasteiger partial charge in [-0.3, -0.25) is 9.59 Å². The SMILES string of the molecule is COCCN1CC(=O)N(Cc2ccccc2C)[C@H](Cc2ccccc2)C1=O. The molecule has 5 heteroatoms. The Morgan fingerprint density at radius 1 is 1.04 bits per heavy atom. The predicted octanol–water partition coefficient (Wildman–Crippen LogP) is 2.42. The molecule has 2 aromatic rings. The standard InChI is InChI=1S/C22H26N2O3/c1-17-8-6-7-11-19(17)15-24-20(14-18-9-4-3-5-10-18)22(26)23(12-13-27-2)16-21(24)25/h3-11,20H,12-16H2,1-2H3/t20-/m1/s1. The molecule has 5 nitrogen and oxygen atoms in total. The fourth-order valence-electron chi connectivity index (χ4n) is 3.44. The molecule has 1 heterocycles. The minimum Gasteiger partial charge on any atom is -0.383 e. The number of hydrogen-bond acceptors (Lipinski definition) is 3. The third kappa shape index (κ3) is 4.55. The van der Waals surface area contributed by atoms with E-state index in [0.29, 0.717) is 26.1 Å². The maximum Gasteiger partial charge on any atom is 0.246 e. The molecule has 3 rings (SSSR count). The molecule has 1 aliphatic rings. The highest BCUT2D eigenvalue weighted by Crippen LogP contribution is 2.21. The molecule has 0 bridgehead atoms. The lowest BCUT2D eigenvalue weighted by molar-refractivity contribution is -0.157. The lowest BCUT2D eigenvalue weighted by atomic mass is 9.99. The Morgan fingerprint density at radius 3 is 2.44 bits per heavy atom. The summed E-state index contributed by atoms with van der Waals surface area (Å²) >= 11 is 0. The van der Waals surface area contributed by atoms with E-state index in [1.807, 2.05) is 61.5 Å². The molecule has 0 spiro atoms. The van der Waals surface area contributed by atoms with Crippen molar-refractivity contribution >= 4 is 11.8 Å². The molecule has 0 radical (unpaired) electrons. The number of piperazine rings is 1. The van der Waals surface area contributed by atoms with E-state index in [2.05, 4.69) is 0 Å². The normalized spacial score (nSPS) is 17.5. The van der Waals surface area contributed by atoms with Gasteiger partial charge in [-0.05, 0) is 23.6 Å². The maximum absolute atomic E-state index is 13.1. The third-order valence-corrected chi connectivity index (χ3v) is 5.06. The molecule has 0 N–H and O–H groups in total. The molecule has 142 valence electrons. The Labute approximate surface area is 160 Å². The summed E-state index contributed by atoms with van der Waals surface area (Å²) in [6.45, 7) is 3.45. The number of aryl methyl sites for hydroxylation is 1. The van der Waals surface area contributed by atoms with Crippen molar-refractivity contribution in [3.05, 3.63) is 71.3 Å². The summed E-state index contributed by atoms with van der Waals surface area (Å²) in [4.78, 5) is 29.4. The Hall–Kier alpha value is -2.66. The van der Waals surface area contributed by atoms with E-state index in [1.54, 1.807) is 16.9 Å². The topological polar surface area (TPSA) is 49.9 Å². The Bertz CT molecular complexity index is 791. The molecule has 1 atom stereocenters. The second kappa shape index (κ2) is 8.82.